The zero-order valence-corrected chi connectivity index (χ0v) is 13.2. The van der Waals surface area contributed by atoms with E-state index in [9.17, 15) is 18.0 Å². The normalized spacial score (nSPS) is 11.2. The number of rotatable bonds is 4. The van der Waals surface area contributed by atoms with Crippen molar-refractivity contribution in [3.63, 3.8) is 0 Å². The van der Waals surface area contributed by atoms with Crippen molar-refractivity contribution in [3.05, 3.63) is 47.8 Å². The second kappa shape index (κ2) is 6.85. The van der Waals surface area contributed by atoms with Gasteiger partial charge in [0, 0.05) is 11.8 Å². The Balaban J connectivity index is 1.57. The summed E-state index contributed by atoms with van der Waals surface area (Å²) < 4.78 is 40.0. The van der Waals surface area contributed by atoms with Crippen molar-refractivity contribution in [2.45, 2.75) is 6.36 Å². The molecule has 10 heteroatoms. The summed E-state index contributed by atoms with van der Waals surface area (Å²) in [7, 11) is 0. The molecule has 130 valence electrons. The van der Waals surface area contributed by atoms with Crippen molar-refractivity contribution in [2.75, 3.05) is 10.6 Å². The minimum atomic E-state index is -4.76. The van der Waals surface area contributed by atoms with Crippen molar-refractivity contribution in [3.8, 4) is 16.3 Å². The molecular weight excluding hydrogens is 357 g/mol. The van der Waals surface area contributed by atoms with Gasteiger partial charge in [0.15, 0.2) is 5.82 Å². The Labute approximate surface area is 143 Å². The van der Waals surface area contributed by atoms with Crippen LogP contribution in [0.4, 0.5) is 29.5 Å². The van der Waals surface area contributed by atoms with E-state index in [2.05, 4.69) is 25.6 Å². The van der Waals surface area contributed by atoms with Crippen LogP contribution in [-0.4, -0.2) is 22.6 Å². The molecule has 0 fully saturated rings. The topological polar surface area (TPSA) is 79.0 Å². The summed E-state index contributed by atoms with van der Waals surface area (Å²) in [6, 6.07) is 9.70. The number of carbonyl (C=O) groups is 1. The number of hydrogen-bond acceptors (Lipinski definition) is 4. The number of aromatic amines is 1. The van der Waals surface area contributed by atoms with E-state index < -0.39 is 12.4 Å². The third-order valence-corrected chi connectivity index (χ3v) is 3.86. The highest BCUT2D eigenvalue weighted by molar-refractivity contribution is 7.13. The number of alkyl halides is 3. The van der Waals surface area contributed by atoms with E-state index in [4.69, 9.17) is 0 Å². The molecule has 3 N–H and O–H groups in total. The van der Waals surface area contributed by atoms with Crippen LogP contribution in [0.3, 0.4) is 0 Å². The second-order valence-electron chi connectivity index (χ2n) is 4.80. The number of amides is 2. The maximum absolute atomic E-state index is 12.1. The Kier molecular flexibility index (Phi) is 4.61. The summed E-state index contributed by atoms with van der Waals surface area (Å²) in [5, 5.41) is 13.7. The summed E-state index contributed by atoms with van der Waals surface area (Å²) in [6.45, 7) is 0. The fourth-order valence-electron chi connectivity index (χ4n) is 1.96. The van der Waals surface area contributed by atoms with E-state index in [1.807, 2.05) is 17.5 Å². The van der Waals surface area contributed by atoms with Crippen molar-refractivity contribution in [1.82, 2.24) is 10.2 Å². The van der Waals surface area contributed by atoms with Gasteiger partial charge in [0.2, 0.25) is 0 Å². The number of halogens is 3. The molecule has 0 aliphatic heterocycles. The number of nitrogens with one attached hydrogen (secondary N) is 3. The van der Waals surface area contributed by atoms with Crippen molar-refractivity contribution in [2.24, 2.45) is 0 Å². The molecule has 6 nitrogen and oxygen atoms in total. The summed E-state index contributed by atoms with van der Waals surface area (Å²) in [5.74, 6) is -0.0516. The predicted octanol–water partition coefficient (Wildman–Crippen LogP) is 4.68. The molecule has 25 heavy (non-hydrogen) atoms. The fraction of sp³-hybridized carbons (Fsp3) is 0.0667. The Hall–Kier alpha value is -3.01. The molecule has 0 aliphatic carbocycles. The van der Waals surface area contributed by atoms with Crippen LogP contribution in [-0.2, 0) is 0 Å². The van der Waals surface area contributed by atoms with E-state index >= 15 is 0 Å². The molecule has 1 aromatic carbocycles. The molecule has 2 amide bonds. The molecule has 0 atom stereocenters. The summed E-state index contributed by atoms with van der Waals surface area (Å²) in [6.07, 6.45) is -4.76. The Morgan fingerprint density at radius 3 is 2.56 bits per heavy atom. The van der Waals surface area contributed by atoms with Gasteiger partial charge in [-0.1, -0.05) is 6.07 Å². The van der Waals surface area contributed by atoms with Crippen molar-refractivity contribution in [1.29, 1.82) is 0 Å². The summed E-state index contributed by atoms with van der Waals surface area (Å²) >= 11 is 1.52. The number of aromatic nitrogens is 2. The van der Waals surface area contributed by atoms with E-state index in [0.29, 0.717) is 11.5 Å². The third kappa shape index (κ3) is 4.73. The number of anilines is 2. The quantitative estimate of drug-likeness (QED) is 0.626. The van der Waals surface area contributed by atoms with Gasteiger partial charge in [-0.05, 0) is 35.7 Å². The predicted molar refractivity (Wildman–Crippen MR) is 87.7 cm³/mol. The number of carbonyl (C=O) groups excluding carboxylic acids is 1. The van der Waals surface area contributed by atoms with Gasteiger partial charge in [0.05, 0.1) is 10.6 Å². The number of ether oxygens (including phenoxy) is 1. The van der Waals surface area contributed by atoms with Gasteiger partial charge in [-0.3, -0.25) is 10.4 Å². The molecule has 0 aliphatic rings. The van der Waals surface area contributed by atoms with Crippen molar-refractivity contribution < 1.29 is 22.7 Å². The lowest BCUT2D eigenvalue weighted by Gasteiger charge is -2.10. The largest absolute Gasteiger partial charge is 0.573 e. The van der Waals surface area contributed by atoms with Crippen LogP contribution >= 0.6 is 11.3 Å². The average Bonchev–Trinajstić information content (AvgIpc) is 3.18. The average molecular weight is 368 g/mol. The molecule has 0 bridgehead atoms. The van der Waals surface area contributed by atoms with Crippen LogP contribution in [0.25, 0.3) is 10.6 Å². The maximum Gasteiger partial charge on any atom is 0.573 e. The number of benzene rings is 1. The van der Waals surface area contributed by atoms with E-state index in [1.165, 1.54) is 23.5 Å². The SMILES string of the molecule is O=C(Nc1ccc(OC(F)(F)F)cc1)Nc1cc(-c2cccs2)[nH]n1. The van der Waals surface area contributed by atoms with Gasteiger partial charge in [-0.25, -0.2) is 4.79 Å². The lowest BCUT2D eigenvalue weighted by atomic mass is 10.3. The first-order valence-electron chi connectivity index (χ1n) is 6.92. The molecule has 0 saturated heterocycles. The summed E-state index contributed by atoms with van der Waals surface area (Å²) in [4.78, 5) is 12.9. The molecule has 0 spiro atoms. The van der Waals surface area contributed by atoms with Gasteiger partial charge >= 0.3 is 12.4 Å². The molecule has 0 radical (unpaired) electrons. The van der Waals surface area contributed by atoms with Gasteiger partial charge in [0.25, 0.3) is 0 Å². The number of H-pyrrole nitrogens is 1. The first-order valence-corrected chi connectivity index (χ1v) is 7.80. The summed E-state index contributed by atoms with van der Waals surface area (Å²) in [5.41, 5.74) is 1.07. The molecule has 3 aromatic rings. The maximum atomic E-state index is 12.1. The highest BCUT2D eigenvalue weighted by atomic mass is 32.1. The molecule has 2 aromatic heterocycles. The van der Waals surface area contributed by atoms with Crippen LogP contribution in [0.1, 0.15) is 0 Å². The molecular formula is C15H11F3N4O2S. The smallest absolute Gasteiger partial charge is 0.406 e. The number of nitrogens with zero attached hydrogens (tertiary/aromatic N) is 1. The van der Waals surface area contributed by atoms with Crippen LogP contribution in [0.2, 0.25) is 0 Å². The van der Waals surface area contributed by atoms with Gasteiger partial charge in [-0.15, -0.1) is 24.5 Å². The first-order chi connectivity index (χ1) is 11.9. The highest BCUT2D eigenvalue weighted by Gasteiger charge is 2.30. The van der Waals surface area contributed by atoms with Crippen LogP contribution < -0.4 is 15.4 Å². The number of hydrogen-bond donors (Lipinski definition) is 3. The zero-order chi connectivity index (χ0) is 17.9. The highest BCUT2D eigenvalue weighted by Crippen LogP contribution is 2.25. The van der Waals surface area contributed by atoms with Gasteiger partial charge < -0.3 is 10.1 Å². The lowest BCUT2D eigenvalue weighted by Crippen LogP contribution is -2.20. The molecule has 2 heterocycles. The van der Waals surface area contributed by atoms with Crippen LogP contribution in [0.5, 0.6) is 5.75 Å². The minimum absolute atomic E-state index is 0.307. The van der Waals surface area contributed by atoms with Gasteiger partial charge in [0.1, 0.15) is 5.75 Å². The Morgan fingerprint density at radius 1 is 1.16 bits per heavy atom. The lowest BCUT2D eigenvalue weighted by molar-refractivity contribution is -0.274. The number of thiophene rings is 1. The van der Waals surface area contributed by atoms with Crippen LogP contribution in [0, 0.1) is 0 Å². The minimum Gasteiger partial charge on any atom is -0.406 e. The van der Waals surface area contributed by atoms with Crippen molar-refractivity contribution >= 4 is 28.9 Å². The van der Waals surface area contributed by atoms with E-state index in [1.54, 1.807) is 6.07 Å². The fourth-order valence-corrected chi connectivity index (χ4v) is 2.65. The third-order valence-electron chi connectivity index (χ3n) is 2.95. The molecule has 0 unspecified atom stereocenters. The van der Waals surface area contributed by atoms with Crippen LogP contribution in [0.15, 0.2) is 47.8 Å². The van der Waals surface area contributed by atoms with E-state index in [0.717, 1.165) is 22.7 Å². The second-order valence-corrected chi connectivity index (χ2v) is 5.74. The van der Waals surface area contributed by atoms with Gasteiger partial charge in [-0.2, -0.15) is 5.10 Å². The molecule has 0 saturated carbocycles. The first kappa shape index (κ1) is 16.8. The molecule has 3 rings (SSSR count). The monoisotopic (exact) mass is 368 g/mol. The number of urea groups is 1. The standard InChI is InChI=1S/C15H11F3N4O2S/c16-15(17,18)24-10-5-3-9(4-6-10)19-14(23)20-13-8-11(21-22-13)12-2-1-7-25-12/h1-8H,(H3,19,20,21,22,23). The Morgan fingerprint density at radius 2 is 1.92 bits per heavy atom. The van der Waals surface area contributed by atoms with E-state index in [-0.39, 0.29) is 5.75 Å². The zero-order valence-electron chi connectivity index (χ0n) is 12.4. The Bertz CT molecular complexity index is 845.